The summed E-state index contributed by atoms with van der Waals surface area (Å²) in [6.07, 6.45) is 7.43. The van der Waals surface area contributed by atoms with Gasteiger partial charge in [-0.05, 0) is 51.4 Å². The summed E-state index contributed by atoms with van der Waals surface area (Å²) in [5, 5.41) is 3.37. The lowest BCUT2D eigenvalue weighted by Gasteiger charge is -2.40. The first kappa shape index (κ1) is 15.0. The second-order valence-electron chi connectivity index (χ2n) is 5.54. The van der Waals surface area contributed by atoms with Gasteiger partial charge in [-0.25, -0.2) is 0 Å². The summed E-state index contributed by atoms with van der Waals surface area (Å²) in [5.74, 6) is 0.287. The van der Waals surface area contributed by atoms with Crippen molar-refractivity contribution in [3.8, 4) is 0 Å². The van der Waals surface area contributed by atoms with Crippen LogP contribution in [0.1, 0.15) is 39.5 Å². The summed E-state index contributed by atoms with van der Waals surface area (Å²) in [6.45, 7) is 6.81. The quantitative estimate of drug-likeness (QED) is 0.898. The van der Waals surface area contributed by atoms with Crippen LogP contribution in [0.5, 0.6) is 0 Å². The van der Waals surface area contributed by atoms with Crippen LogP contribution in [0.3, 0.4) is 0 Å². The highest BCUT2D eigenvalue weighted by atomic mass is 16.2. The second-order valence-corrected chi connectivity index (χ2v) is 5.54. The molecule has 0 radical (unpaired) electrons. The van der Waals surface area contributed by atoms with Gasteiger partial charge in [0, 0.05) is 24.6 Å². The van der Waals surface area contributed by atoms with Crippen LogP contribution in [-0.4, -0.2) is 30.5 Å². The molecule has 2 heterocycles. The van der Waals surface area contributed by atoms with Crippen LogP contribution >= 0.6 is 0 Å². The SMILES string of the molecule is CCCC1(C(=O)N(CC)c2ccncc2)CCNCC1. The van der Waals surface area contributed by atoms with Crippen LogP contribution in [0.15, 0.2) is 24.5 Å². The molecule has 1 saturated heterocycles. The van der Waals surface area contributed by atoms with Gasteiger partial charge in [-0.3, -0.25) is 9.78 Å². The van der Waals surface area contributed by atoms with Gasteiger partial charge in [-0.15, -0.1) is 0 Å². The normalized spacial score (nSPS) is 17.7. The topological polar surface area (TPSA) is 45.2 Å². The third kappa shape index (κ3) is 3.01. The molecule has 1 aromatic rings. The lowest BCUT2D eigenvalue weighted by molar-refractivity contribution is -0.130. The lowest BCUT2D eigenvalue weighted by atomic mass is 9.74. The van der Waals surface area contributed by atoms with Gasteiger partial charge in [-0.1, -0.05) is 13.3 Å². The van der Waals surface area contributed by atoms with E-state index < -0.39 is 0 Å². The zero-order chi connectivity index (χ0) is 14.4. The molecule has 20 heavy (non-hydrogen) atoms. The van der Waals surface area contributed by atoms with E-state index in [2.05, 4.69) is 17.2 Å². The molecule has 1 aliphatic heterocycles. The Hall–Kier alpha value is -1.42. The van der Waals surface area contributed by atoms with E-state index in [9.17, 15) is 4.79 Å². The number of amides is 1. The van der Waals surface area contributed by atoms with Crippen LogP contribution in [-0.2, 0) is 4.79 Å². The number of piperidine rings is 1. The summed E-state index contributed by atoms with van der Waals surface area (Å²) >= 11 is 0. The first-order chi connectivity index (χ1) is 9.73. The maximum Gasteiger partial charge on any atom is 0.233 e. The lowest BCUT2D eigenvalue weighted by Crippen LogP contribution is -2.49. The van der Waals surface area contributed by atoms with Crippen LogP contribution < -0.4 is 10.2 Å². The van der Waals surface area contributed by atoms with E-state index in [0.717, 1.165) is 44.5 Å². The van der Waals surface area contributed by atoms with Gasteiger partial charge in [0.05, 0.1) is 5.41 Å². The summed E-state index contributed by atoms with van der Waals surface area (Å²) < 4.78 is 0. The summed E-state index contributed by atoms with van der Waals surface area (Å²) in [5.41, 5.74) is 0.778. The molecule has 0 aromatic carbocycles. The fourth-order valence-corrected chi connectivity index (χ4v) is 3.21. The predicted molar refractivity (Wildman–Crippen MR) is 81.7 cm³/mol. The van der Waals surface area contributed by atoms with Crippen molar-refractivity contribution in [2.24, 2.45) is 5.41 Å². The van der Waals surface area contributed by atoms with Crippen molar-refractivity contribution in [1.82, 2.24) is 10.3 Å². The third-order valence-electron chi connectivity index (χ3n) is 4.28. The maximum atomic E-state index is 13.1. The van der Waals surface area contributed by atoms with Crippen LogP contribution in [0.4, 0.5) is 5.69 Å². The van der Waals surface area contributed by atoms with Gasteiger partial charge in [0.25, 0.3) is 0 Å². The zero-order valence-electron chi connectivity index (χ0n) is 12.6. The highest BCUT2D eigenvalue weighted by Crippen LogP contribution is 2.37. The summed E-state index contributed by atoms with van der Waals surface area (Å²) in [7, 11) is 0. The van der Waals surface area contributed by atoms with E-state index in [1.165, 1.54) is 0 Å². The van der Waals surface area contributed by atoms with E-state index in [1.807, 2.05) is 24.0 Å². The number of nitrogens with zero attached hydrogens (tertiary/aromatic N) is 2. The van der Waals surface area contributed by atoms with E-state index in [1.54, 1.807) is 12.4 Å². The highest BCUT2D eigenvalue weighted by molar-refractivity contribution is 5.97. The second kappa shape index (κ2) is 6.84. The van der Waals surface area contributed by atoms with E-state index in [-0.39, 0.29) is 11.3 Å². The molecule has 0 atom stereocenters. The van der Waals surface area contributed by atoms with Crippen LogP contribution in [0.2, 0.25) is 0 Å². The minimum absolute atomic E-state index is 0.181. The Labute approximate surface area is 121 Å². The van der Waals surface area contributed by atoms with Gasteiger partial charge in [0.15, 0.2) is 0 Å². The molecular formula is C16H25N3O. The Morgan fingerprint density at radius 3 is 2.50 bits per heavy atom. The first-order valence-corrected chi connectivity index (χ1v) is 7.66. The molecule has 110 valence electrons. The largest absolute Gasteiger partial charge is 0.317 e. The van der Waals surface area contributed by atoms with Gasteiger partial charge < -0.3 is 10.2 Å². The summed E-state index contributed by atoms with van der Waals surface area (Å²) in [4.78, 5) is 19.1. The van der Waals surface area contributed by atoms with Gasteiger partial charge in [0.1, 0.15) is 0 Å². The fraction of sp³-hybridized carbons (Fsp3) is 0.625. The first-order valence-electron chi connectivity index (χ1n) is 7.66. The standard InChI is InChI=1S/C16H25N3O/c1-3-7-16(8-12-18-13-9-16)15(20)19(4-2)14-5-10-17-11-6-14/h5-6,10-11,18H,3-4,7-9,12-13H2,1-2H3. The molecule has 1 aromatic heterocycles. The molecule has 2 rings (SSSR count). The number of carbonyl (C=O) groups excluding carboxylic acids is 1. The van der Waals surface area contributed by atoms with Crippen molar-refractivity contribution in [2.75, 3.05) is 24.5 Å². The number of pyridine rings is 1. The fourth-order valence-electron chi connectivity index (χ4n) is 3.21. The van der Waals surface area contributed by atoms with Crippen molar-refractivity contribution >= 4 is 11.6 Å². The maximum absolute atomic E-state index is 13.1. The average Bonchev–Trinajstić information content (AvgIpc) is 2.50. The molecular weight excluding hydrogens is 250 g/mol. The molecule has 0 aliphatic carbocycles. The number of carbonyl (C=O) groups is 1. The van der Waals surface area contributed by atoms with E-state index in [0.29, 0.717) is 6.54 Å². The number of nitrogens with one attached hydrogen (secondary N) is 1. The predicted octanol–water partition coefficient (Wildman–Crippen LogP) is 2.60. The van der Waals surface area contributed by atoms with Crippen molar-refractivity contribution in [2.45, 2.75) is 39.5 Å². The molecule has 1 N–H and O–H groups in total. The Balaban J connectivity index is 2.25. The molecule has 1 aliphatic rings. The number of aromatic nitrogens is 1. The molecule has 0 unspecified atom stereocenters. The third-order valence-corrected chi connectivity index (χ3v) is 4.28. The average molecular weight is 275 g/mol. The van der Waals surface area contributed by atoms with Crippen molar-refractivity contribution in [1.29, 1.82) is 0 Å². The summed E-state index contributed by atoms with van der Waals surface area (Å²) in [6, 6.07) is 3.84. The zero-order valence-corrected chi connectivity index (χ0v) is 12.6. The smallest absolute Gasteiger partial charge is 0.233 e. The molecule has 0 spiro atoms. The highest BCUT2D eigenvalue weighted by Gasteiger charge is 2.41. The van der Waals surface area contributed by atoms with Gasteiger partial charge in [-0.2, -0.15) is 0 Å². The molecule has 4 heteroatoms. The minimum atomic E-state index is -0.181. The Bertz CT molecular complexity index is 421. The van der Waals surface area contributed by atoms with Gasteiger partial charge >= 0.3 is 0 Å². The number of hydrogen-bond acceptors (Lipinski definition) is 3. The van der Waals surface area contributed by atoms with Crippen molar-refractivity contribution in [3.63, 3.8) is 0 Å². The van der Waals surface area contributed by atoms with Crippen LogP contribution in [0, 0.1) is 5.41 Å². The van der Waals surface area contributed by atoms with E-state index >= 15 is 0 Å². The minimum Gasteiger partial charge on any atom is -0.317 e. The Morgan fingerprint density at radius 2 is 1.95 bits per heavy atom. The number of rotatable bonds is 5. The van der Waals surface area contributed by atoms with Crippen molar-refractivity contribution < 1.29 is 4.79 Å². The molecule has 0 bridgehead atoms. The number of anilines is 1. The number of hydrogen-bond donors (Lipinski definition) is 1. The Morgan fingerprint density at radius 1 is 1.30 bits per heavy atom. The molecule has 0 saturated carbocycles. The van der Waals surface area contributed by atoms with Gasteiger partial charge in [0.2, 0.25) is 5.91 Å². The van der Waals surface area contributed by atoms with Crippen molar-refractivity contribution in [3.05, 3.63) is 24.5 Å². The van der Waals surface area contributed by atoms with Crippen LogP contribution in [0.25, 0.3) is 0 Å². The molecule has 1 fully saturated rings. The monoisotopic (exact) mass is 275 g/mol. The Kier molecular flexibility index (Phi) is 5.12. The molecule has 4 nitrogen and oxygen atoms in total. The molecule has 1 amide bonds. The van der Waals surface area contributed by atoms with E-state index in [4.69, 9.17) is 0 Å².